The van der Waals surface area contributed by atoms with Gasteiger partial charge in [-0.2, -0.15) is 15.3 Å². The second-order valence-electron chi connectivity index (χ2n) is 6.42. The summed E-state index contributed by atoms with van der Waals surface area (Å²) >= 11 is 0. The summed E-state index contributed by atoms with van der Waals surface area (Å²) in [4.78, 5) is 0. The smallest absolute Gasteiger partial charge is 0.320 e. The fourth-order valence-electron chi connectivity index (χ4n) is 3.28. The van der Waals surface area contributed by atoms with E-state index in [1.807, 2.05) is 37.3 Å². The van der Waals surface area contributed by atoms with E-state index < -0.39 is 6.92 Å². The van der Waals surface area contributed by atoms with Gasteiger partial charge < -0.3 is 10.8 Å². The molecular weight excluding hydrogens is 325 g/mol. The third kappa shape index (κ3) is 2.72. The Labute approximate surface area is 151 Å². The van der Waals surface area contributed by atoms with Crippen LogP contribution in [-0.2, 0) is 0 Å². The number of nitrogens with one attached hydrogen (secondary N) is 1. The van der Waals surface area contributed by atoms with Gasteiger partial charge in [0.25, 0.3) is 0 Å². The zero-order valence-corrected chi connectivity index (χ0v) is 14.6. The summed E-state index contributed by atoms with van der Waals surface area (Å²) in [6, 6.07) is 11.9. The summed E-state index contributed by atoms with van der Waals surface area (Å²) in [5.41, 5.74) is 13.0. The molecule has 0 aliphatic heterocycles. The number of fused-ring (bicyclic) bond motifs is 1. The van der Waals surface area contributed by atoms with Crippen LogP contribution in [0.15, 0.2) is 48.8 Å². The first-order valence-corrected chi connectivity index (χ1v) is 8.38. The highest BCUT2D eigenvalue weighted by molar-refractivity contribution is 6.65. The van der Waals surface area contributed by atoms with Crippen LogP contribution in [0.3, 0.4) is 0 Å². The maximum atomic E-state index is 10.1. The molecule has 0 radical (unpaired) electrons. The topological polar surface area (TPSA) is 101 Å². The molecule has 4 aromatic rings. The Kier molecular flexibility index (Phi) is 3.93. The minimum Gasteiger partial charge on any atom is -0.446 e. The first-order valence-electron chi connectivity index (χ1n) is 8.38. The zero-order valence-electron chi connectivity index (χ0n) is 14.6. The number of aryl methyl sites for hydroxylation is 1. The molecule has 4 rings (SSSR count). The summed E-state index contributed by atoms with van der Waals surface area (Å²) in [7, 11) is 0. The van der Waals surface area contributed by atoms with Gasteiger partial charge >= 0.3 is 6.92 Å². The SMILES string of the molecule is CB(O)c1cc(-c2ccc3c(N)cnnc3c2)c(-c2cc[nH]n2)cc1C. The number of nitrogens with two attached hydrogens (primary N) is 1. The molecule has 2 heterocycles. The normalized spacial score (nSPS) is 11.0. The predicted octanol–water partition coefficient (Wildman–Crippen LogP) is 2.40. The van der Waals surface area contributed by atoms with E-state index in [0.29, 0.717) is 5.69 Å². The fraction of sp³-hybridized carbons (Fsp3) is 0.105. The third-order valence-electron chi connectivity index (χ3n) is 4.62. The standard InChI is InChI=1S/C19H18BN5O/c1-11-7-15(18-5-6-22-24-18)14(9-16(11)20(2)26)12-3-4-13-17(21)10-23-25-19(13)8-12/h3-10,26H,1-2H3,(H2,21,25)(H,22,24). The Morgan fingerprint density at radius 3 is 2.69 bits per heavy atom. The van der Waals surface area contributed by atoms with Crippen molar-refractivity contribution in [2.45, 2.75) is 13.7 Å². The molecule has 2 aromatic heterocycles. The van der Waals surface area contributed by atoms with Gasteiger partial charge in [-0.1, -0.05) is 24.5 Å². The molecule has 6 nitrogen and oxygen atoms in total. The van der Waals surface area contributed by atoms with Gasteiger partial charge in [-0.15, -0.1) is 0 Å². The van der Waals surface area contributed by atoms with Crippen LogP contribution in [0.1, 0.15) is 5.56 Å². The zero-order chi connectivity index (χ0) is 18.3. The van der Waals surface area contributed by atoms with Crippen molar-refractivity contribution in [2.24, 2.45) is 0 Å². The van der Waals surface area contributed by atoms with Crippen LogP contribution in [0, 0.1) is 6.92 Å². The number of nitrogen functional groups attached to an aromatic ring is 1. The van der Waals surface area contributed by atoms with Crippen LogP contribution in [0.4, 0.5) is 5.69 Å². The molecule has 7 heteroatoms. The fourth-order valence-corrected chi connectivity index (χ4v) is 3.28. The highest BCUT2D eigenvalue weighted by Crippen LogP contribution is 2.33. The number of H-pyrrole nitrogens is 1. The van der Waals surface area contributed by atoms with Crippen LogP contribution >= 0.6 is 0 Å². The number of hydrogen-bond acceptors (Lipinski definition) is 5. The highest BCUT2D eigenvalue weighted by Gasteiger charge is 2.17. The maximum Gasteiger partial charge on any atom is 0.320 e. The molecule has 0 fully saturated rings. The molecule has 2 aromatic carbocycles. The molecule has 4 N–H and O–H groups in total. The quantitative estimate of drug-likeness (QED) is 0.496. The Morgan fingerprint density at radius 1 is 1.12 bits per heavy atom. The van der Waals surface area contributed by atoms with Gasteiger partial charge in [0.1, 0.15) is 0 Å². The molecule has 0 bridgehead atoms. The van der Waals surface area contributed by atoms with Crippen molar-refractivity contribution in [3.63, 3.8) is 0 Å². The van der Waals surface area contributed by atoms with Gasteiger partial charge in [-0.05, 0) is 47.8 Å². The second-order valence-corrected chi connectivity index (χ2v) is 6.42. The minimum absolute atomic E-state index is 0.558. The molecule has 128 valence electrons. The predicted molar refractivity (Wildman–Crippen MR) is 105 cm³/mol. The van der Waals surface area contributed by atoms with E-state index in [2.05, 4.69) is 26.5 Å². The largest absolute Gasteiger partial charge is 0.446 e. The summed E-state index contributed by atoms with van der Waals surface area (Å²) < 4.78 is 0. The van der Waals surface area contributed by atoms with Crippen molar-refractivity contribution in [1.82, 2.24) is 20.4 Å². The van der Waals surface area contributed by atoms with Gasteiger partial charge in [-0.3, -0.25) is 5.10 Å². The molecule has 26 heavy (non-hydrogen) atoms. The van der Waals surface area contributed by atoms with E-state index in [1.165, 1.54) is 0 Å². The Morgan fingerprint density at radius 2 is 1.96 bits per heavy atom. The van der Waals surface area contributed by atoms with E-state index in [-0.39, 0.29) is 0 Å². The molecule has 0 amide bonds. The lowest BCUT2D eigenvalue weighted by atomic mass is 9.62. The highest BCUT2D eigenvalue weighted by atomic mass is 16.2. The van der Waals surface area contributed by atoms with Gasteiger partial charge in [0.05, 0.1) is 23.1 Å². The summed E-state index contributed by atoms with van der Waals surface area (Å²) in [5, 5.41) is 26.3. The first kappa shape index (κ1) is 16.3. The molecule has 0 atom stereocenters. The lowest BCUT2D eigenvalue weighted by Gasteiger charge is -2.15. The van der Waals surface area contributed by atoms with E-state index in [0.717, 1.165) is 44.3 Å². The van der Waals surface area contributed by atoms with Crippen LogP contribution in [0.2, 0.25) is 6.82 Å². The number of anilines is 1. The summed E-state index contributed by atoms with van der Waals surface area (Å²) in [5.74, 6) is 0. The minimum atomic E-state index is -0.558. The Balaban J connectivity index is 1.99. The van der Waals surface area contributed by atoms with E-state index in [9.17, 15) is 5.02 Å². The third-order valence-corrected chi connectivity index (χ3v) is 4.62. The number of hydrogen-bond donors (Lipinski definition) is 3. The van der Waals surface area contributed by atoms with Crippen molar-refractivity contribution in [3.05, 3.63) is 54.4 Å². The van der Waals surface area contributed by atoms with Crippen molar-refractivity contribution in [1.29, 1.82) is 0 Å². The van der Waals surface area contributed by atoms with Gasteiger partial charge in [0.15, 0.2) is 0 Å². The van der Waals surface area contributed by atoms with Crippen molar-refractivity contribution >= 4 is 29.0 Å². The van der Waals surface area contributed by atoms with Gasteiger partial charge in [-0.25, -0.2) is 0 Å². The molecule has 0 aliphatic rings. The van der Waals surface area contributed by atoms with Crippen molar-refractivity contribution < 1.29 is 5.02 Å². The average molecular weight is 343 g/mol. The summed E-state index contributed by atoms with van der Waals surface area (Å²) in [6.45, 7) is 3.21. The average Bonchev–Trinajstić information content (AvgIpc) is 3.15. The first-order chi connectivity index (χ1) is 12.5. The molecule has 0 spiro atoms. The number of benzene rings is 2. The molecule has 0 unspecified atom stereocenters. The second kappa shape index (κ2) is 6.27. The van der Waals surface area contributed by atoms with Crippen LogP contribution in [-0.4, -0.2) is 32.3 Å². The molecule has 0 aliphatic carbocycles. The number of rotatable bonds is 3. The number of aromatic nitrogens is 4. The Bertz CT molecular complexity index is 1090. The number of nitrogens with zero attached hydrogens (tertiary/aromatic N) is 3. The van der Waals surface area contributed by atoms with Crippen LogP contribution in [0.5, 0.6) is 0 Å². The molecule has 0 saturated carbocycles. The molecular formula is C19H18BN5O. The van der Waals surface area contributed by atoms with Gasteiger partial charge in [0, 0.05) is 17.1 Å². The van der Waals surface area contributed by atoms with Crippen molar-refractivity contribution in [3.8, 4) is 22.4 Å². The van der Waals surface area contributed by atoms with Crippen molar-refractivity contribution in [2.75, 3.05) is 5.73 Å². The number of aromatic amines is 1. The summed E-state index contributed by atoms with van der Waals surface area (Å²) in [6.07, 6.45) is 3.35. The van der Waals surface area contributed by atoms with Crippen LogP contribution < -0.4 is 11.2 Å². The lowest BCUT2D eigenvalue weighted by molar-refractivity contribution is 0.593. The van der Waals surface area contributed by atoms with E-state index in [4.69, 9.17) is 5.73 Å². The van der Waals surface area contributed by atoms with Crippen LogP contribution in [0.25, 0.3) is 33.3 Å². The lowest BCUT2D eigenvalue weighted by Crippen LogP contribution is -2.29. The van der Waals surface area contributed by atoms with E-state index in [1.54, 1.807) is 19.2 Å². The van der Waals surface area contributed by atoms with Gasteiger partial charge in [0.2, 0.25) is 0 Å². The molecule has 0 saturated heterocycles. The monoisotopic (exact) mass is 343 g/mol. The van der Waals surface area contributed by atoms with E-state index >= 15 is 0 Å². The Hall–Kier alpha value is -3.19. The maximum absolute atomic E-state index is 10.1.